The third-order valence-electron chi connectivity index (χ3n) is 10.4. The first kappa shape index (κ1) is 32.6. The Labute approximate surface area is 293 Å². The molecule has 5 aromatic carbocycles. The molecule has 1 N–H and O–H groups in total. The van der Waals surface area contributed by atoms with Crippen molar-refractivity contribution in [1.29, 1.82) is 0 Å². The number of aromatic nitrogens is 1. The molecule has 1 aliphatic rings. The Bertz CT molecular complexity index is 1780. The molecule has 2 heteroatoms. The summed E-state index contributed by atoms with van der Waals surface area (Å²) < 4.78 is 0. The molecule has 0 aliphatic heterocycles. The fraction of sp³-hybridized carbons (Fsp3) is 0.255. The lowest BCUT2D eigenvalue weighted by molar-refractivity contribution is 0.455. The van der Waals surface area contributed by atoms with E-state index in [0.717, 1.165) is 5.69 Å². The molecule has 1 fully saturated rings. The lowest BCUT2D eigenvalue weighted by Crippen LogP contribution is -2.18. The SMILES string of the molecule is CC(Nc1c(C2CCCCCCC2)cc(C(c2ccccc2)c2ccccc2)cc1C(c1ccccc1)c1ccccc1)c1ccccn1. The first-order valence-electron chi connectivity index (χ1n) is 18.3. The van der Waals surface area contributed by atoms with E-state index >= 15 is 0 Å². The van der Waals surface area contributed by atoms with Gasteiger partial charge in [0.05, 0.1) is 11.7 Å². The number of benzene rings is 5. The largest absolute Gasteiger partial charge is 0.376 e. The third-order valence-corrected chi connectivity index (χ3v) is 10.4. The highest BCUT2D eigenvalue weighted by Gasteiger charge is 2.29. The standard InChI is InChI=1S/C47H48N2/c1-35(44-31-19-20-32-48-44)49-47-42(36-21-9-3-2-4-10-22-36)33-41(45(37-23-11-5-12-24-37)38-25-13-6-14-26-38)34-43(47)46(39-27-15-7-16-28-39)40-29-17-8-18-30-40/h5-8,11-20,23-36,45-46,49H,2-4,9-10,21-22H2,1H3. The van der Waals surface area contributed by atoms with Crippen molar-refractivity contribution in [3.63, 3.8) is 0 Å². The van der Waals surface area contributed by atoms with E-state index in [1.165, 1.54) is 89.6 Å². The maximum Gasteiger partial charge on any atom is 0.0657 e. The van der Waals surface area contributed by atoms with Crippen LogP contribution in [-0.4, -0.2) is 4.98 Å². The smallest absolute Gasteiger partial charge is 0.0657 e. The molecular formula is C47H48N2. The van der Waals surface area contributed by atoms with Crippen LogP contribution in [0.15, 0.2) is 158 Å². The molecule has 0 radical (unpaired) electrons. The maximum atomic E-state index is 4.80. The van der Waals surface area contributed by atoms with Gasteiger partial charge in [-0.15, -0.1) is 0 Å². The predicted octanol–water partition coefficient (Wildman–Crippen LogP) is 12.4. The van der Waals surface area contributed by atoms with Crippen molar-refractivity contribution in [2.75, 3.05) is 5.32 Å². The van der Waals surface area contributed by atoms with Crippen molar-refractivity contribution in [1.82, 2.24) is 4.98 Å². The van der Waals surface area contributed by atoms with Crippen LogP contribution in [-0.2, 0) is 0 Å². The number of nitrogens with zero attached hydrogens (tertiary/aromatic N) is 1. The van der Waals surface area contributed by atoms with Gasteiger partial charge in [-0.1, -0.05) is 172 Å². The Balaban J connectivity index is 1.52. The van der Waals surface area contributed by atoms with Gasteiger partial charge >= 0.3 is 0 Å². The fourth-order valence-corrected chi connectivity index (χ4v) is 8.00. The van der Waals surface area contributed by atoms with Gasteiger partial charge in [0.25, 0.3) is 0 Å². The molecule has 7 rings (SSSR count). The summed E-state index contributed by atoms with van der Waals surface area (Å²) in [6, 6.07) is 55.8. The third kappa shape index (κ3) is 7.70. The molecule has 0 amide bonds. The fourth-order valence-electron chi connectivity index (χ4n) is 8.00. The number of hydrogen-bond donors (Lipinski definition) is 1. The molecule has 0 bridgehead atoms. The zero-order chi connectivity index (χ0) is 33.3. The Morgan fingerprint density at radius 1 is 0.510 bits per heavy atom. The van der Waals surface area contributed by atoms with E-state index in [1.807, 2.05) is 12.3 Å². The molecule has 1 aliphatic carbocycles. The normalized spacial score (nSPS) is 14.7. The zero-order valence-corrected chi connectivity index (χ0v) is 28.7. The lowest BCUT2D eigenvalue weighted by Gasteiger charge is -2.32. The Hall–Kier alpha value is -4.95. The maximum absolute atomic E-state index is 4.80. The Morgan fingerprint density at radius 2 is 0.980 bits per heavy atom. The van der Waals surface area contributed by atoms with Crippen LogP contribution in [0, 0.1) is 0 Å². The van der Waals surface area contributed by atoms with Gasteiger partial charge in [0.15, 0.2) is 0 Å². The van der Waals surface area contributed by atoms with Crippen molar-refractivity contribution < 1.29 is 0 Å². The summed E-state index contributed by atoms with van der Waals surface area (Å²) in [4.78, 5) is 4.80. The number of pyridine rings is 1. The van der Waals surface area contributed by atoms with Crippen molar-refractivity contribution >= 4 is 5.69 Å². The highest BCUT2D eigenvalue weighted by atomic mass is 14.9. The van der Waals surface area contributed by atoms with E-state index in [1.54, 1.807) is 0 Å². The number of nitrogens with one attached hydrogen (secondary N) is 1. The molecule has 246 valence electrons. The summed E-state index contributed by atoms with van der Waals surface area (Å²) in [6.07, 6.45) is 10.9. The monoisotopic (exact) mass is 640 g/mol. The summed E-state index contributed by atoms with van der Waals surface area (Å²) in [7, 11) is 0. The summed E-state index contributed by atoms with van der Waals surface area (Å²) in [5.74, 6) is 0.653. The van der Waals surface area contributed by atoms with Crippen LogP contribution in [0.5, 0.6) is 0 Å². The van der Waals surface area contributed by atoms with Gasteiger partial charge in [-0.2, -0.15) is 0 Å². The van der Waals surface area contributed by atoms with E-state index in [9.17, 15) is 0 Å². The molecule has 1 heterocycles. The van der Waals surface area contributed by atoms with Crippen LogP contribution in [0.2, 0.25) is 0 Å². The van der Waals surface area contributed by atoms with Crippen molar-refractivity contribution in [3.05, 3.63) is 202 Å². The van der Waals surface area contributed by atoms with Crippen LogP contribution < -0.4 is 5.32 Å². The van der Waals surface area contributed by atoms with Gasteiger partial charge in [0.1, 0.15) is 0 Å². The van der Waals surface area contributed by atoms with Crippen LogP contribution in [0.4, 0.5) is 5.69 Å². The number of hydrogen-bond acceptors (Lipinski definition) is 2. The minimum atomic E-state index is 0.0457. The van der Waals surface area contributed by atoms with Crippen LogP contribution >= 0.6 is 0 Å². The minimum absolute atomic E-state index is 0.0457. The van der Waals surface area contributed by atoms with E-state index in [0.29, 0.717) is 5.92 Å². The topological polar surface area (TPSA) is 24.9 Å². The highest BCUT2D eigenvalue weighted by Crippen LogP contribution is 2.47. The molecule has 2 nitrogen and oxygen atoms in total. The quantitative estimate of drug-likeness (QED) is 0.151. The first-order chi connectivity index (χ1) is 24.3. The van der Waals surface area contributed by atoms with Gasteiger partial charge in [0.2, 0.25) is 0 Å². The molecular weight excluding hydrogens is 593 g/mol. The van der Waals surface area contributed by atoms with Crippen LogP contribution in [0.1, 0.15) is 120 Å². The average Bonchev–Trinajstić information content (AvgIpc) is 3.15. The number of anilines is 1. The zero-order valence-electron chi connectivity index (χ0n) is 28.7. The lowest BCUT2D eigenvalue weighted by atomic mass is 9.75. The number of rotatable bonds is 10. The molecule has 1 saturated carbocycles. The molecule has 1 aromatic heterocycles. The first-order valence-corrected chi connectivity index (χ1v) is 18.3. The van der Waals surface area contributed by atoms with Gasteiger partial charge in [-0.25, -0.2) is 0 Å². The second kappa shape index (κ2) is 16.0. The van der Waals surface area contributed by atoms with Crippen LogP contribution in [0.25, 0.3) is 0 Å². The van der Waals surface area contributed by atoms with Crippen molar-refractivity contribution in [2.24, 2.45) is 0 Å². The van der Waals surface area contributed by atoms with Crippen molar-refractivity contribution in [2.45, 2.75) is 75.7 Å². The molecule has 1 unspecified atom stereocenters. The van der Waals surface area contributed by atoms with E-state index in [2.05, 4.69) is 158 Å². The van der Waals surface area contributed by atoms with Gasteiger partial charge < -0.3 is 5.32 Å². The summed E-state index contributed by atoms with van der Waals surface area (Å²) in [5, 5.41) is 4.13. The Morgan fingerprint density at radius 3 is 1.47 bits per heavy atom. The van der Waals surface area contributed by atoms with E-state index in [-0.39, 0.29) is 17.9 Å². The second-order valence-electron chi connectivity index (χ2n) is 13.7. The van der Waals surface area contributed by atoms with Gasteiger partial charge in [-0.05, 0) is 76.8 Å². The van der Waals surface area contributed by atoms with E-state index < -0.39 is 0 Å². The van der Waals surface area contributed by atoms with Gasteiger partial charge in [-0.3, -0.25) is 4.98 Å². The average molecular weight is 641 g/mol. The van der Waals surface area contributed by atoms with Crippen molar-refractivity contribution in [3.8, 4) is 0 Å². The highest BCUT2D eigenvalue weighted by molar-refractivity contribution is 5.67. The predicted molar refractivity (Wildman–Crippen MR) is 205 cm³/mol. The summed E-state index contributed by atoms with van der Waals surface area (Å²) in [6.45, 7) is 2.26. The van der Waals surface area contributed by atoms with Crippen LogP contribution in [0.3, 0.4) is 0 Å². The second-order valence-corrected chi connectivity index (χ2v) is 13.7. The minimum Gasteiger partial charge on any atom is -0.376 e. The summed E-state index contributed by atoms with van der Waals surface area (Å²) in [5.41, 5.74) is 11.8. The van der Waals surface area contributed by atoms with E-state index in [4.69, 9.17) is 4.98 Å². The molecule has 1 atom stereocenters. The Kier molecular flexibility index (Phi) is 10.6. The summed E-state index contributed by atoms with van der Waals surface area (Å²) >= 11 is 0. The molecule has 0 saturated heterocycles. The van der Waals surface area contributed by atoms with Gasteiger partial charge in [0, 0.05) is 23.7 Å². The molecule has 6 aromatic rings. The molecule has 0 spiro atoms. The molecule has 49 heavy (non-hydrogen) atoms.